The topological polar surface area (TPSA) is 108 Å². The van der Waals surface area contributed by atoms with E-state index < -0.39 is 17.5 Å². The first-order chi connectivity index (χ1) is 11.7. The lowest BCUT2D eigenvalue weighted by Gasteiger charge is -2.20. The highest BCUT2D eigenvalue weighted by molar-refractivity contribution is 7.99. The van der Waals surface area contributed by atoms with Crippen LogP contribution in [0.15, 0.2) is 29.2 Å². The lowest BCUT2D eigenvalue weighted by molar-refractivity contribution is -0.127. The Morgan fingerprint density at radius 1 is 1.24 bits per heavy atom. The third-order valence-electron chi connectivity index (χ3n) is 3.66. The van der Waals surface area contributed by atoms with E-state index in [0.717, 1.165) is 0 Å². The quantitative estimate of drug-likeness (QED) is 0.494. The molecule has 1 aromatic carbocycles. The predicted octanol–water partition coefficient (Wildman–Crippen LogP) is 0.195. The summed E-state index contributed by atoms with van der Waals surface area (Å²) >= 11 is 1.29. The van der Waals surface area contributed by atoms with Crippen LogP contribution in [0.1, 0.15) is 17.3 Å². The fourth-order valence-corrected chi connectivity index (χ4v) is 3.23. The maximum Gasteiger partial charge on any atom is 0.322 e. The first kappa shape index (κ1) is 18.8. The van der Waals surface area contributed by atoms with Gasteiger partial charge in [-0.2, -0.15) is 0 Å². The van der Waals surface area contributed by atoms with Gasteiger partial charge in [0, 0.05) is 24.7 Å². The standard InChI is InChI=1S/C16H20N4O4S/c1-16(14(23)18-15(24)19-16)9-25-11-7-5-4-6-10(11)13(22)17-8-12(21)20(2)3/h4-7H,8-9H2,1-3H3,(H,17,22)(H2,18,19,23,24)/t16-/m1/s1. The third kappa shape index (κ3) is 4.50. The molecule has 1 fully saturated rings. The number of nitrogens with zero attached hydrogens (tertiary/aromatic N) is 1. The molecule has 0 unspecified atom stereocenters. The van der Waals surface area contributed by atoms with Crippen molar-refractivity contribution in [3.8, 4) is 0 Å². The largest absolute Gasteiger partial charge is 0.347 e. The van der Waals surface area contributed by atoms with Gasteiger partial charge in [0.2, 0.25) is 5.91 Å². The highest BCUT2D eigenvalue weighted by atomic mass is 32.2. The van der Waals surface area contributed by atoms with Crippen molar-refractivity contribution in [3.05, 3.63) is 29.8 Å². The minimum Gasteiger partial charge on any atom is -0.347 e. The van der Waals surface area contributed by atoms with Crippen LogP contribution < -0.4 is 16.0 Å². The summed E-state index contributed by atoms with van der Waals surface area (Å²) in [6.07, 6.45) is 0. The summed E-state index contributed by atoms with van der Waals surface area (Å²) in [6, 6.07) is 6.37. The SMILES string of the molecule is CN(C)C(=O)CNC(=O)c1ccccc1SC[C@@]1(C)NC(=O)NC1=O. The van der Waals surface area contributed by atoms with Crippen molar-refractivity contribution in [3.63, 3.8) is 0 Å². The van der Waals surface area contributed by atoms with Crippen molar-refractivity contribution in [2.24, 2.45) is 0 Å². The van der Waals surface area contributed by atoms with E-state index in [4.69, 9.17) is 0 Å². The average Bonchev–Trinajstić information content (AvgIpc) is 2.83. The van der Waals surface area contributed by atoms with Crippen LogP contribution in [0.3, 0.4) is 0 Å². The molecule has 0 saturated carbocycles. The van der Waals surface area contributed by atoms with E-state index in [9.17, 15) is 19.2 Å². The molecule has 5 amide bonds. The zero-order valence-electron chi connectivity index (χ0n) is 14.2. The summed E-state index contributed by atoms with van der Waals surface area (Å²) in [6.45, 7) is 1.53. The Kier molecular flexibility index (Phi) is 5.68. The maximum atomic E-state index is 12.3. The normalized spacial score (nSPS) is 19.2. The molecule has 9 heteroatoms. The number of imide groups is 1. The lowest BCUT2D eigenvalue weighted by Crippen LogP contribution is -2.46. The van der Waals surface area contributed by atoms with Crippen LogP contribution in [-0.4, -0.2) is 60.6 Å². The van der Waals surface area contributed by atoms with E-state index in [1.54, 1.807) is 45.3 Å². The van der Waals surface area contributed by atoms with Crippen molar-refractivity contribution in [2.45, 2.75) is 17.4 Å². The van der Waals surface area contributed by atoms with Crippen LogP contribution in [0, 0.1) is 0 Å². The smallest absolute Gasteiger partial charge is 0.322 e. The Morgan fingerprint density at radius 2 is 1.92 bits per heavy atom. The monoisotopic (exact) mass is 364 g/mol. The van der Waals surface area contributed by atoms with Gasteiger partial charge in [-0.05, 0) is 19.1 Å². The number of amides is 5. The molecule has 1 heterocycles. The number of benzene rings is 1. The number of carbonyl (C=O) groups excluding carboxylic acids is 4. The van der Waals surface area contributed by atoms with Crippen LogP contribution in [0.25, 0.3) is 0 Å². The third-order valence-corrected chi connectivity index (χ3v) is 5.05. The van der Waals surface area contributed by atoms with E-state index >= 15 is 0 Å². The van der Waals surface area contributed by atoms with E-state index in [2.05, 4.69) is 16.0 Å². The van der Waals surface area contributed by atoms with Gasteiger partial charge in [0.15, 0.2) is 0 Å². The molecular formula is C16H20N4O4S. The second kappa shape index (κ2) is 7.56. The number of nitrogens with one attached hydrogen (secondary N) is 3. The molecule has 0 aliphatic carbocycles. The summed E-state index contributed by atoms with van der Waals surface area (Å²) < 4.78 is 0. The van der Waals surface area contributed by atoms with Crippen molar-refractivity contribution < 1.29 is 19.2 Å². The first-order valence-corrected chi connectivity index (χ1v) is 8.55. The molecule has 0 bridgehead atoms. The van der Waals surface area contributed by atoms with Gasteiger partial charge in [0.05, 0.1) is 12.1 Å². The van der Waals surface area contributed by atoms with Gasteiger partial charge in [-0.15, -0.1) is 11.8 Å². The lowest BCUT2D eigenvalue weighted by atomic mass is 10.1. The van der Waals surface area contributed by atoms with Crippen molar-refractivity contribution in [1.29, 1.82) is 0 Å². The molecule has 1 aromatic rings. The number of rotatable bonds is 6. The molecule has 1 aliphatic heterocycles. The van der Waals surface area contributed by atoms with E-state index in [-0.39, 0.29) is 24.1 Å². The van der Waals surface area contributed by atoms with E-state index in [0.29, 0.717) is 10.5 Å². The van der Waals surface area contributed by atoms with Crippen LogP contribution in [-0.2, 0) is 9.59 Å². The Bertz CT molecular complexity index is 722. The first-order valence-electron chi connectivity index (χ1n) is 7.57. The maximum absolute atomic E-state index is 12.3. The number of hydrogen-bond donors (Lipinski definition) is 3. The van der Waals surface area contributed by atoms with Gasteiger partial charge < -0.3 is 15.5 Å². The second-order valence-corrected chi connectivity index (χ2v) is 7.01. The number of likely N-dealkylation sites (N-methyl/N-ethyl adjacent to an activating group) is 1. The van der Waals surface area contributed by atoms with E-state index in [1.165, 1.54) is 16.7 Å². The second-order valence-electron chi connectivity index (χ2n) is 6.00. The molecular weight excluding hydrogens is 344 g/mol. The van der Waals surface area contributed by atoms with Crippen LogP contribution in [0.2, 0.25) is 0 Å². The molecule has 8 nitrogen and oxygen atoms in total. The van der Waals surface area contributed by atoms with E-state index in [1.807, 2.05) is 0 Å². The Balaban J connectivity index is 2.05. The van der Waals surface area contributed by atoms with Crippen molar-refractivity contribution in [2.75, 3.05) is 26.4 Å². The Hall–Kier alpha value is -2.55. The minimum absolute atomic E-state index is 0.0962. The predicted molar refractivity (Wildman–Crippen MR) is 93.3 cm³/mol. The minimum atomic E-state index is -1.04. The molecule has 0 radical (unpaired) electrons. The van der Waals surface area contributed by atoms with Gasteiger partial charge in [-0.3, -0.25) is 19.7 Å². The molecule has 1 atom stereocenters. The zero-order chi connectivity index (χ0) is 18.6. The van der Waals surface area contributed by atoms with Gasteiger partial charge in [0.1, 0.15) is 5.54 Å². The molecule has 0 spiro atoms. The highest BCUT2D eigenvalue weighted by Gasteiger charge is 2.41. The van der Waals surface area contributed by atoms with Gasteiger partial charge in [-0.25, -0.2) is 4.79 Å². The summed E-state index contributed by atoms with van der Waals surface area (Å²) in [5.41, 5.74) is -0.626. The number of thioether (sulfide) groups is 1. The molecule has 3 N–H and O–H groups in total. The van der Waals surface area contributed by atoms with Gasteiger partial charge in [-0.1, -0.05) is 12.1 Å². The summed E-state index contributed by atoms with van der Waals surface area (Å²) in [7, 11) is 3.22. The summed E-state index contributed by atoms with van der Waals surface area (Å²) in [5, 5.41) is 7.36. The summed E-state index contributed by atoms with van der Waals surface area (Å²) in [4.78, 5) is 49.2. The Labute approximate surface area is 149 Å². The van der Waals surface area contributed by atoms with Gasteiger partial charge >= 0.3 is 6.03 Å². The molecule has 1 saturated heterocycles. The zero-order valence-corrected chi connectivity index (χ0v) is 15.0. The Morgan fingerprint density at radius 3 is 2.52 bits per heavy atom. The molecule has 0 aromatic heterocycles. The fraction of sp³-hybridized carbons (Fsp3) is 0.375. The molecule has 25 heavy (non-hydrogen) atoms. The highest BCUT2D eigenvalue weighted by Crippen LogP contribution is 2.27. The molecule has 1 aliphatic rings. The summed E-state index contributed by atoms with van der Waals surface area (Å²) in [5.74, 6) is -0.714. The number of hydrogen-bond acceptors (Lipinski definition) is 5. The van der Waals surface area contributed by atoms with Crippen molar-refractivity contribution in [1.82, 2.24) is 20.9 Å². The van der Waals surface area contributed by atoms with Gasteiger partial charge in [0.25, 0.3) is 11.8 Å². The molecule has 2 rings (SSSR count). The average molecular weight is 364 g/mol. The number of urea groups is 1. The number of carbonyl (C=O) groups is 4. The van der Waals surface area contributed by atoms with Crippen LogP contribution >= 0.6 is 11.8 Å². The van der Waals surface area contributed by atoms with Crippen LogP contribution in [0.5, 0.6) is 0 Å². The van der Waals surface area contributed by atoms with Crippen LogP contribution in [0.4, 0.5) is 4.79 Å². The fourth-order valence-electron chi connectivity index (χ4n) is 2.09. The molecule has 134 valence electrons. The van der Waals surface area contributed by atoms with Crippen molar-refractivity contribution >= 4 is 35.5 Å².